The summed E-state index contributed by atoms with van der Waals surface area (Å²) in [5.41, 5.74) is 10.5. The van der Waals surface area contributed by atoms with E-state index < -0.39 is 9.04 Å². The van der Waals surface area contributed by atoms with Crippen LogP contribution in [0.25, 0.3) is 33.4 Å². The van der Waals surface area contributed by atoms with Crippen molar-refractivity contribution in [3.05, 3.63) is 94.7 Å². The molecule has 0 aliphatic heterocycles. The number of hydrogen-bond donors (Lipinski definition) is 1. The van der Waals surface area contributed by atoms with Crippen LogP contribution < -0.4 is 0 Å². The van der Waals surface area contributed by atoms with Gasteiger partial charge in [0.25, 0.3) is 0 Å². The molecule has 0 saturated carbocycles. The van der Waals surface area contributed by atoms with E-state index in [0.717, 1.165) is 41.5 Å². The number of rotatable bonds is 9. The van der Waals surface area contributed by atoms with E-state index in [-0.39, 0.29) is 11.5 Å². The average Bonchev–Trinajstić information content (AvgIpc) is 3.48. The molecule has 0 saturated heterocycles. The van der Waals surface area contributed by atoms with Crippen molar-refractivity contribution in [2.24, 2.45) is 5.41 Å². The Morgan fingerprint density at radius 2 is 1.68 bits per heavy atom. The highest BCUT2D eigenvalue weighted by molar-refractivity contribution is 6.48. The molecule has 0 aliphatic carbocycles. The van der Waals surface area contributed by atoms with Gasteiger partial charge in [0.15, 0.2) is 0 Å². The summed E-state index contributed by atoms with van der Waals surface area (Å²) >= 11 is 0. The van der Waals surface area contributed by atoms with E-state index in [9.17, 15) is 0 Å². The number of benzene rings is 3. The van der Waals surface area contributed by atoms with Crippen molar-refractivity contribution < 1.29 is 4.43 Å². The fourth-order valence-corrected chi connectivity index (χ4v) is 6.49. The third-order valence-electron chi connectivity index (χ3n) is 7.42. The number of fused-ring (bicyclic) bond motifs is 1. The Hall–Kier alpha value is -3.68. The molecule has 1 N–H and O–H groups in total. The standard InChI is InChI=1S/C34H40N5OSi/c1-8-11-29-28(31(32(34(3,4)5)40-41(6)7)27-20-22(2)14-19-30(27)35-29)21-23-15-17-24(18-16-23)25-12-9-10-13-26(25)33-36-38-39-37-33/h9-10,12-20,32H,8,11,21H2,1-7H3,(H,36,37,38,39). The first kappa shape index (κ1) is 28.8. The van der Waals surface area contributed by atoms with Gasteiger partial charge in [0, 0.05) is 16.6 Å². The molecule has 211 valence electrons. The van der Waals surface area contributed by atoms with Gasteiger partial charge in [-0.25, -0.2) is 0 Å². The van der Waals surface area contributed by atoms with Crippen LogP contribution in [0.3, 0.4) is 0 Å². The lowest BCUT2D eigenvalue weighted by Crippen LogP contribution is -2.28. The van der Waals surface area contributed by atoms with Crippen LogP contribution in [0.4, 0.5) is 0 Å². The van der Waals surface area contributed by atoms with Gasteiger partial charge in [-0.3, -0.25) is 4.98 Å². The molecule has 2 heterocycles. The second-order valence-corrected chi connectivity index (χ2v) is 14.2. The van der Waals surface area contributed by atoms with Crippen LogP contribution in [0, 0.1) is 12.3 Å². The van der Waals surface area contributed by atoms with Crippen molar-refractivity contribution >= 4 is 19.9 Å². The Labute approximate surface area is 245 Å². The van der Waals surface area contributed by atoms with Crippen LogP contribution in [-0.4, -0.2) is 34.6 Å². The number of H-pyrrole nitrogens is 1. The zero-order valence-electron chi connectivity index (χ0n) is 25.2. The number of nitrogens with zero attached hydrogens (tertiary/aromatic N) is 4. The normalized spacial score (nSPS) is 12.8. The van der Waals surface area contributed by atoms with Crippen LogP contribution in [-0.2, 0) is 17.3 Å². The van der Waals surface area contributed by atoms with Gasteiger partial charge in [0.1, 0.15) is 0 Å². The first-order chi connectivity index (χ1) is 19.7. The molecule has 41 heavy (non-hydrogen) atoms. The van der Waals surface area contributed by atoms with Crippen LogP contribution >= 0.6 is 0 Å². The fraction of sp³-hybridized carbons (Fsp3) is 0.353. The SMILES string of the molecule is CCCc1nc2ccc(C)cc2c(C(O[Si](C)C)C(C)(C)C)c1Cc1ccc(-c2ccccc2-c2nn[nH]n2)cc1. The summed E-state index contributed by atoms with van der Waals surface area (Å²) in [6, 6.07) is 23.7. The maximum Gasteiger partial charge on any atom is 0.205 e. The molecule has 2 aromatic heterocycles. The van der Waals surface area contributed by atoms with E-state index in [1.807, 2.05) is 18.2 Å². The van der Waals surface area contributed by atoms with Crippen LogP contribution in [0.1, 0.15) is 68.2 Å². The maximum absolute atomic E-state index is 6.84. The summed E-state index contributed by atoms with van der Waals surface area (Å²) in [5.74, 6) is 0.594. The number of aromatic nitrogens is 5. The van der Waals surface area contributed by atoms with Crippen molar-refractivity contribution in [3.8, 4) is 22.5 Å². The molecule has 1 radical (unpaired) electrons. The third-order valence-corrected chi connectivity index (χ3v) is 8.13. The van der Waals surface area contributed by atoms with Crippen LogP contribution in [0.15, 0.2) is 66.7 Å². The van der Waals surface area contributed by atoms with E-state index >= 15 is 0 Å². The number of pyridine rings is 1. The minimum Gasteiger partial charge on any atom is -0.410 e. The van der Waals surface area contributed by atoms with Crippen molar-refractivity contribution in [2.45, 2.75) is 73.1 Å². The Bertz CT molecular complexity index is 1620. The molecule has 7 heteroatoms. The molecule has 0 aliphatic rings. The summed E-state index contributed by atoms with van der Waals surface area (Å²) in [6.45, 7) is 15.7. The van der Waals surface area contributed by atoms with Crippen molar-refractivity contribution in [1.82, 2.24) is 25.6 Å². The average molecular weight is 563 g/mol. The smallest absolute Gasteiger partial charge is 0.205 e. The highest BCUT2D eigenvalue weighted by atomic mass is 28.3. The molecule has 1 atom stereocenters. The van der Waals surface area contributed by atoms with E-state index in [1.54, 1.807) is 0 Å². The molecule has 5 aromatic rings. The second kappa shape index (κ2) is 12.0. The lowest BCUT2D eigenvalue weighted by molar-refractivity contribution is 0.0870. The lowest BCUT2D eigenvalue weighted by atomic mass is 9.79. The monoisotopic (exact) mass is 562 g/mol. The van der Waals surface area contributed by atoms with Crippen LogP contribution in [0.2, 0.25) is 13.1 Å². The van der Waals surface area contributed by atoms with E-state index in [1.165, 1.54) is 33.3 Å². The molecule has 6 nitrogen and oxygen atoms in total. The summed E-state index contributed by atoms with van der Waals surface area (Å²) in [5, 5.41) is 15.9. The van der Waals surface area contributed by atoms with E-state index in [2.05, 4.69) is 117 Å². The minimum absolute atomic E-state index is 0.0228. The Morgan fingerprint density at radius 1 is 0.951 bits per heavy atom. The van der Waals surface area contributed by atoms with Gasteiger partial charge in [0.2, 0.25) is 14.9 Å². The van der Waals surface area contributed by atoms with Gasteiger partial charge in [-0.1, -0.05) is 94.3 Å². The molecular weight excluding hydrogens is 522 g/mol. The zero-order valence-corrected chi connectivity index (χ0v) is 26.2. The van der Waals surface area contributed by atoms with Gasteiger partial charge >= 0.3 is 0 Å². The van der Waals surface area contributed by atoms with Gasteiger partial charge in [-0.05, 0) is 83.4 Å². The van der Waals surface area contributed by atoms with Gasteiger partial charge < -0.3 is 4.43 Å². The lowest BCUT2D eigenvalue weighted by Gasteiger charge is -2.35. The largest absolute Gasteiger partial charge is 0.410 e. The number of aromatic amines is 1. The van der Waals surface area contributed by atoms with Crippen LogP contribution in [0.5, 0.6) is 0 Å². The van der Waals surface area contributed by atoms with Crippen molar-refractivity contribution in [1.29, 1.82) is 0 Å². The minimum atomic E-state index is -0.950. The molecular formula is C34H40N5OSi. The summed E-state index contributed by atoms with van der Waals surface area (Å²) in [4.78, 5) is 5.24. The molecule has 5 rings (SSSR count). The summed E-state index contributed by atoms with van der Waals surface area (Å²) in [7, 11) is -0.950. The van der Waals surface area contributed by atoms with Gasteiger partial charge in [-0.15, -0.1) is 10.2 Å². The number of tetrazole rings is 1. The second-order valence-electron chi connectivity index (χ2n) is 12.1. The fourth-order valence-electron chi connectivity index (χ4n) is 5.55. The zero-order chi connectivity index (χ0) is 29.1. The third kappa shape index (κ3) is 6.31. The first-order valence-corrected chi connectivity index (χ1v) is 16.9. The summed E-state index contributed by atoms with van der Waals surface area (Å²) < 4.78 is 6.84. The Morgan fingerprint density at radius 3 is 2.32 bits per heavy atom. The predicted octanol–water partition coefficient (Wildman–Crippen LogP) is 8.29. The molecule has 0 amide bonds. The maximum atomic E-state index is 6.84. The molecule has 0 bridgehead atoms. The van der Waals surface area contributed by atoms with E-state index in [0.29, 0.717) is 5.82 Å². The molecule has 0 fully saturated rings. The number of hydrogen-bond acceptors (Lipinski definition) is 5. The predicted molar refractivity (Wildman–Crippen MR) is 169 cm³/mol. The number of nitrogens with one attached hydrogen (secondary N) is 1. The first-order valence-electron chi connectivity index (χ1n) is 14.5. The van der Waals surface area contributed by atoms with Crippen molar-refractivity contribution in [2.75, 3.05) is 0 Å². The Kier molecular flexibility index (Phi) is 8.47. The quantitative estimate of drug-likeness (QED) is 0.183. The van der Waals surface area contributed by atoms with Gasteiger partial charge in [-0.2, -0.15) is 5.21 Å². The van der Waals surface area contributed by atoms with Gasteiger partial charge in [0.05, 0.1) is 11.6 Å². The highest BCUT2D eigenvalue weighted by Gasteiger charge is 2.33. The number of aryl methyl sites for hydroxylation is 2. The Balaban J connectivity index is 1.63. The molecule has 0 spiro atoms. The highest BCUT2D eigenvalue weighted by Crippen LogP contribution is 2.43. The topological polar surface area (TPSA) is 76.6 Å². The van der Waals surface area contributed by atoms with Crippen molar-refractivity contribution in [3.63, 3.8) is 0 Å². The molecule has 1 unspecified atom stereocenters. The summed E-state index contributed by atoms with van der Waals surface area (Å²) in [6.07, 6.45) is 2.76. The van der Waals surface area contributed by atoms with E-state index in [4.69, 9.17) is 9.41 Å². The molecule has 3 aromatic carbocycles.